The summed E-state index contributed by atoms with van der Waals surface area (Å²) in [5, 5.41) is 4.12. The van der Waals surface area contributed by atoms with E-state index in [1.165, 1.54) is 6.07 Å². The number of halogens is 1. The molecule has 5 rings (SSSR count). The molecule has 8 nitrogen and oxygen atoms in total. The molecule has 2 aromatic heterocycles. The maximum Gasteiger partial charge on any atom is 0.266 e. The van der Waals surface area contributed by atoms with Crippen molar-refractivity contribution in [3.8, 4) is 17.0 Å². The Morgan fingerprint density at radius 3 is 2.71 bits per heavy atom. The molecular weight excluding hydrogens is 471 g/mol. The summed E-state index contributed by atoms with van der Waals surface area (Å²) in [5.41, 5.74) is 2.31. The number of ether oxygens (including phenoxy) is 1. The molecule has 0 spiro atoms. The quantitative estimate of drug-likeness (QED) is 0.480. The van der Waals surface area contributed by atoms with E-state index in [1.807, 2.05) is 6.07 Å². The summed E-state index contributed by atoms with van der Waals surface area (Å²) in [5.74, 6) is 1.83. The van der Waals surface area contributed by atoms with Gasteiger partial charge in [0.15, 0.2) is 9.84 Å². The number of aromatic nitrogens is 3. The molecule has 0 radical (unpaired) electrons. The summed E-state index contributed by atoms with van der Waals surface area (Å²) in [7, 11) is -3.23. The number of hydrogen-bond donors (Lipinski definition) is 0. The Kier molecular flexibility index (Phi) is 6.48. The van der Waals surface area contributed by atoms with E-state index in [2.05, 4.69) is 26.9 Å². The van der Waals surface area contributed by atoms with Crippen molar-refractivity contribution in [1.29, 1.82) is 0 Å². The summed E-state index contributed by atoms with van der Waals surface area (Å²) in [6.07, 6.45) is 7.32. The van der Waals surface area contributed by atoms with Gasteiger partial charge in [0.05, 0.1) is 17.6 Å². The standard InChI is InChI=1S/C25H29FN4O4S/c1-3-4-24-28-25(29-34-24)30-9-7-17(8-10-30)22-13-18-12-21(27-14-23(18)33-22)19-6-5-16(11-20(19)26)15-35(2,31)32/h5-6,11-12,14,17,22H,3-4,7-10,13,15H2,1-2H3. The minimum atomic E-state index is -3.23. The second kappa shape index (κ2) is 9.56. The molecule has 1 fully saturated rings. The third-order valence-electron chi connectivity index (χ3n) is 6.66. The molecule has 10 heteroatoms. The number of benzene rings is 1. The van der Waals surface area contributed by atoms with Crippen molar-refractivity contribution < 1.29 is 22.1 Å². The van der Waals surface area contributed by atoms with Crippen molar-refractivity contribution in [3.05, 3.63) is 53.3 Å². The normalized spacial score (nSPS) is 18.5. The number of nitrogens with zero attached hydrogens (tertiary/aromatic N) is 4. The predicted molar refractivity (Wildman–Crippen MR) is 130 cm³/mol. The number of aryl methyl sites for hydroxylation is 1. The first-order valence-corrected chi connectivity index (χ1v) is 14.0. The molecule has 3 aromatic rings. The number of fused-ring (bicyclic) bond motifs is 1. The topological polar surface area (TPSA) is 98.4 Å². The second-order valence-electron chi connectivity index (χ2n) is 9.48. The lowest BCUT2D eigenvalue weighted by atomic mass is 9.89. The maximum absolute atomic E-state index is 14.8. The minimum Gasteiger partial charge on any atom is -0.488 e. The van der Waals surface area contributed by atoms with E-state index in [4.69, 9.17) is 9.26 Å². The number of rotatable bonds is 7. The predicted octanol–water partition coefficient (Wildman–Crippen LogP) is 3.99. The highest BCUT2D eigenvalue weighted by atomic mass is 32.2. The van der Waals surface area contributed by atoms with Crippen molar-refractivity contribution in [1.82, 2.24) is 15.1 Å². The van der Waals surface area contributed by atoms with Crippen LogP contribution >= 0.6 is 0 Å². The Morgan fingerprint density at radius 1 is 1.20 bits per heavy atom. The molecule has 1 atom stereocenters. The van der Waals surface area contributed by atoms with Gasteiger partial charge >= 0.3 is 0 Å². The summed E-state index contributed by atoms with van der Waals surface area (Å²) >= 11 is 0. The molecule has 2 aliphatic heterocycles. The van der Waals surface area contributed by atoms with Gasteiger partial charge in [-0.1, -0.05) is 13.0 Å². The summed E-state index contributed by atoms with van der Waals surface area (Å²) < 4.78 is 49.3. The van der Waals surface area contributed by atoms with Crippen molar-refractivity contribution in [3.63, 3.8) is 0 Å². The summed E-state index contributed by atoms with van der Waals surface area (Å²) in [6.45, 7) is 3.78. The van der Waals surface area contributed by atoms with E-state index in [1.54, 1.807) is 18.3 Å². The third kappa shape index (κ3) is 5.32. The summed E-state index contributed by atoms with van der Waals surface area (Å²) in [4.78, 5) is 11.1. The molecule has 0 bridgehead atoms. The van der Waals surface area contributed by atoms with Gasteiger partial charge in [-0.3, -0.25) is 4.98 Å². The van der Waals surface area contributed by atoms with Crippen LogP contribution in [0.4, 0.5) is 10.3 Å². The first-order valence-electron chi connectivity index (χ1n) is 12.0. The number of sulfone groups is 1. The van der Waals surface area contributed by atoms with Crippen LogP contribution in [0.25, 0.3) is 11.3 Å². The zero-order valence-corrected chi connectivity index (χ0v) is 20.7. The van der Waals surface area contributed by atoms with Crippen LogP contribution in [0.15, 0.2) is 35.0 Å². The van der Waals surface area contributed by atoms with Crippen LogP contribution in [0.1, 0.15) is 43.2 Å². The largest absolute Gasteiger partial charge is 0.488 e. The van der Waals surface area contributed by atoms with E-state index in [9.17, 15) is 12.8 Å². The molecule has 35 heavy (non-hydrogen) atoms. The monoisotopic (exact) mass is 500 g/mol. The van der Waals surface area contributed by atoms with Crippen LogP contribution in [0, 0.1) is 11.7 Å². The van der Waals surface area contributed by atoms with Crippen LogP contribution in [-0.2, 0) is 28.4 Å². The average Bonchev–Trinajstić information content (AvgIpc) is 3.45. The molecule has 4 heterocycles. The zero-order valence-electron chi connectivity index (χ0n) is 19.9. The highest BCUT2D eigenvalue weighted by molar-refractivity contribution is 7.89. The van der Waals surface area contributed by atoms with Crippen molar-refractivity contribution in [2.45, 2.75) is 50.9 Å². The van der Waals surface area contributed by atoms with E-state index in [0.29, 0.717) is 34.6 Å². The molecule has 2 aliphatic rings. The molecular formula is C25H29FN4O4S. The maximum atomic E-state index is 14.8. The zero-order chi connectivity index (χ0) is 24.6. The molecule has 186 valence electrons. The Morgan fingerprint density at radius 2 is 2.00 bits per heavy atom. The third-order valence-corrected chi connectivity index (χ3v) is 7.51. The molecule has 0 aliphatic carbocycles. The van der Waals surface area contributed by atoms with E-state index in [0.717, 1.165) is 62.8 Å². The van der Waals surface area contributed by atoms with Gasteiger partial charge in [-0.25, -0.2) is 12.8 Å². The van der Waals surface area contributed by atoms with Crippen LogP contribution in [0.3, 0.4) is 0 Å². The number of hydrogen-bond acceptors (Lipinski definition) is 8. The molecule has 0 amide bonds. The summed E-state index contributed by atoms with van der Waals surface area (Å²) in [6, 6.07) is 6.38. The Hall–Kier alpha value is -3.01. The molecule has 0 saturated carbocycles. The van der Waals surface area contributed by atoms with Crippen LogP contribution in [0.2, 0.25) is 0 Å². The highest BCUT2D eigenvalue weighted by Gasteiger charge is 2.34. The average molecular weight is 501 g/mol. The molecule has 0 N–H and O–H groups in total. The first kappa shape index (κ1) is 23.7. The van der Waals surface area contributed by atoms with Crippen LogP contribution in [-0.4, -0.2) is 49.0 Å². The van der Waals surface area contributed by atoms with Crippen LogP contribution in [0.5, 0.6) is 5.75 Å². The van der Waals surface area contributed by atoms with E-state index in [-0.39, 0.29) is 11.9 Å². The Labute approximate surface area is 204 Å². The first-order chi connectivity index (χ1) is 16.8. The molecule has 1 aromatic carbocycles. The van der Waals surface area contributed by atoms with Gasteiger partial charge in [-0.2, -0.15) is 4.98 Å². The fourth-order valence-electron chi connectivity index (χ4n) is 4.90. The van der Waals surface area contributed by atoms with Crippen molar-refractivity contribution in [2.24, 2.45) is 5.92 Å². The number of anilines is 1. The van der Waals surface area contributed by atoms with Crippen molar-refractivity contribution in [2.75, 3.05) is 24.2 Å². The smallest absolute Gasteiger partial charge is 0.266 e. The molecule has 1 unspecified atom stereocenters. The number of pyridine rings is 1. The Balaban J connectivity index is 1.23. The van der Waals surface area contributed by atoms with Crippen molar-refractivity contribution >= 4 is 15.8 Å². The van der Waals surface area contributed by atoms with Gasteiger partial charge in [0.1, 0.15) is 17.7 Å². The minimum absolute atomic E-state index is 0.0621. The van der Waals surface area contributed by atoms with Gasteiger partial charge in [0.2, 0.25) is 5.89 Å². The van der Waals surface area contributed by atoms with Gasteiger partial charge in [-0.15, -0.1) is 0 Å². The Bertz CT molecular complexity index is 1320. The van der Waals surface area contributed by atoms with Gasteiger partial charge in [-0.05, 0) is 54.1 Å². The van der Waals surface area contributed by atoms with Crippen LogP contribution < -0.4 is 9.64 Å². The van der Waals surface area contributed by atoms with Gasteiger partial charge < -0.3 is 14.2 Å². The van der Waals surface area contributed by atoms with Gasteiger partial charge in [0.25, 0.3) is 5.95 Å². The fraction of sp³-hybridized carbons (Fsp3) is 0.480. The van der Waals surface area contributed by atoms with E-state index < -0.39 is 15.7 Å². The lowest BCUT2D eigenvalue weighted by Crippen LogP contribution is -2.39. The molecule has 1 saturated heterocycles. The lowest BCUT2D eigenvalue weighted by molar-refractivity contribution is 0.138. The fourth-order valence-corrected chi connectivity index (χ4v) is 5.69. The van der Waals surface area contributed by atoms with Gasteiger partial charge in [0, 0.05) is 43.3 Å². The highest BCUT2D eigenvalue weighted by Crippen LogP contribution is 2.37. The second-order valence-corrected chi connectivity index (χ2v) is 11.6. The lowest BCUT2D eigenvalue weighted by Gasteiger charge is -2.33. The number of piperidine rings is 1. The van der Waals surface area contributed by atoms with E-state index >= 15 is 0 Å². The SMILES string of the molecule is CCCc1nc(N2CCC(C3Cc4cc(-c5ccc(CS(C)(=O)=O)cc5F)ncc4O3)CC2)no1.